The first kappa shape index (κ1) is 13.3. The third-order valence-electron chi connectivity index (χ3n) is 4.05. The van der Waals surface area contributed by atoms with Crippen LogP contribution in [0.3, 0.4) is 0 Å². The smallest absolute Gasteiger partial charge is 0.168 e. The van der Waals surface area contributed by atoms with Crippen molar-refractivity contribution in [2.75, 3.05) is 6.61 Å². The van der Waals surface area contributed by atoms with E-state index in [-0.39, 0.29) is 11.2 Å². The lowest BCUT2D eigenvalue weighted by atomic mass is 9.71. The second-order valence-corrected chi connectivity index (χ2v) is 5.64. The molecule has 3 heteroatoms. The Morgan fingerprint density at radius 1 is 1.39 bits per heavy atom. The molecule has 1 nitrogen and oxygen atoms in total. The summed E-state index contributed by atoms with van der Waals surface area (Å²) in [5, 5.41) is 0. The zero-order valence-electron chi connectivity index (χ0n) is 11.2. The molecule has 2 unspecified atom stereocenters. The summed E-state index contributed by atoms with van der Waals surface area (Å²) in [6.45, 7) is 6.90. The fourth-order valence-corrected chi connectivity index (χ4v) is 2.79. The summed E-state index contributed by atoms with van der Waals surface area (Å²) in [4.78, 5) is 0. The van der Waals surface area contributed by atoms with Crippen molar-refractivity contribution >= 4 is 0 Å². The first-order valence-electron chi connectivity index (χ1n) is 6.58. The molecule has 0 amide bonds. The van der Waals surface area contributed by atoms with E-state index in [2.05, 4.69) is 20.8 Å². The van der Waals surface area contributed by atoms with E-state index in [0.717, 1.165) is 25.3 Å². The van der Waals surface area contributed by atoms with Crippen LogP contribution in [-0.2, 0) is 5.41 Å². The minimum Gasteiger partial charge on any atom is -0.490 e. The van der Waals surface area contributed by atoms with Gasteiger partial charge in [-0.05, 0) is 30.2 Å². The lowest BCUT2D eigenvalue weighted by Gasteiger charge is -2.37. The highest BCUT2D eigenvalue weighted by atomic mass is 19.1. The van der Waals surface area contributed by atoms with Crippen LogP contribution >= 0.6 is 0 Å². The normalized spacial score (nSPS) is 24.3. The van der Waals surface area contributed by atoms with E-state index in [0.29, 0.717) is 18.1 Å². The molecular weight excluding hydrogens is 234 g/mol. The summed E-state index contributed by atoms with van der Waals surface area (Å²) in [7, 11) is 0. The second kappa shape index (κ2) is 4.87. The van der Waals surface area contributed by atoms with Gasteiger partial charge in [-0.25, -0.2) is 8.78 Å². The summed E-state index contributed by atoms with van der Waals surface area (Å²) in [6, 6.07) is 2.33. The first-order valence-corrected chi connectivity index (χ1v) is 6.58. The number of benzene rings is 1. The SMILES string of the molecule is CCC(C)CC1(C)CCOc2c(F)cc(F)cc21. The zero-order chi connectivity index (χ0) is 13.3. The van der Waals surface area contributed by atoms with E-state index in [1.54, 1.807) is 0 Å². The highest BCUT2D eigenvalue weighted by molar-refractivity contribution is 5.42. The topological polar surface area (TPSA) is 9.23 Å². The Hall–Kier alpha value is -1.12. The maximum atomic E-state index is 13.7. The maximum Gasteiger partial charge on any atom is 0.168 e. The van der Waals surface area contributed by atoms with Gasteiger partial charge in [0.25, 0.3) is 0 Å². The lowest BCUT2D eigenvalue weighted by molar-refractivity contribution is 0.191. The predicted molar refractivity (Wildman–Crippen MR) is 67.9 cm³/mol. The monoisotopic (exact) mass is 254 g/mol. The standard InChI is InChI=1S/C15H20F2O/c1-4-10(2)9-15(3)5-6-18-14-12(15)7-11(16)8-13(14)17/h7-8,10H,4-6,9H2,1-3H3. The fraction of sp³-hybridized carbons (Fsp3) is 0.600. The van der Waals surface area contributed by atoms with Gasteiger partial charge in [-0.2, -0.15) is 0 Å². The minimum atomic E-state index is -0.583. The molecule has 100 valence electrons. The van der Waals surface area contributed by atoms with E-state index in [4.69, 9.17) is 4.74 Å². The van der Waals surface area contributed by atoms with Gasteiger partial charge in [0, 0.05) is 11.6 Å². The van der Waals surface area contributed by atoms with Crippen LogP contribution in [0.1, 0.15) is 45.6 Å². The summed E-state index contributed by atoms with van der Waals surface area (Å²) in [6.07, 6.45) is 2.82. The average Bonchev–Trinajstić information content (AvgIpc) is 2.30. The van der Waals surface area contributed by atoms with Crippen LogP contribution in [0.25, 0.3) is 0 Å². The van der Waals surface area contributed by atoms with Gasteiger partial charge < -0.3 is 4.74 Å². The molecule has 0 saturated carbocycles. The van der Waals surface area contributed by atoms with Crippen molar-refractivity contribution in [1.29, 1.82) is 0 Å². The molecule has 1 aromatic rings. The molecular formula is C15H20F2O. The molecule has 18 heavy (non-hydrogen) atoms. The number of hydrogen-bond donors (Lipinski definition) is 0. The largest absolute Gasteiger partial charge is 0.490 e. The molecule has 0 fully saturated rings. The summed E-state index contributed by atoms with van der Waals surface area (Å²) in [5.74, 6) is -0.326. The summed E-state index contributed by atoms with van der Waals surface area (Å²) >= 11 is 0. The van der Waals surface area contributed by atoms with Gasteiger partial charge in [0.2, 0.25) is 0 Å². The van der Waals surface area contributed by atoms with E-state index in [1.165, 1.54) is 6.07 Å². The molecule has 0 N–H and O–H groups in total. The number of ether oxygens (including phenoxy) is 1. The molecule has 1 aliphatic heterocycles. The van der Waals surface area contributed by atoms with Gasteiger partial charge >= 0.3 is 0 Å². The van der Waals surface area contributed by atoms with Crippen LogP contribution < -0.4 is 4.74 Å². The molecule has 1 heterocycles. The first-order chi connectivity index (χ1) is 8.46. The third-order valence-corrected chi connectivity index (χ3v) is 4.05. The highest BCUT2D eigenvalue weighted by Crippen LogP contribution is 2.44. The van der Waals surface area contributed by atoms with Crippen molar-refractivity contribution in [3.63, 3.8) is 0 Å². The van der Waals surface area contributed by atoms with Gasteiger partial charge in [0.1, 0.15) is 5.82 Å². The number of hydrogen-bond acceptors (Lipinski definition) is 1. The predicted octanol–water partition coefficient (Wildman–Crippen LogP) is 4.44. The van der Waals surface area contributed by atoms with E-state index < -0.39 is 11.6 Å². The Bertz CT molecular complexity index is 444. The third kappa shape index (κ3) is 2.36. The van der Waals surface area contributed by atoms with E-state index >= 15 is 0 Å². The van der Waals surface area contributed by atoms with Crippen LogP contribution in [0.4, 0.5) is 8.78 Å². The van der Waals surface area contributed by atoms with Crippen LogP contribution in [-0.4, -0.2) is 6.61 Å². The van der Waals surface area contributed by atoms with Gasteiger partial charge in [0.05, 0.1) is 6.61 Å². The van der Waals surface area contributed by atoms with Crippen LogP contribution in [0, 0.1) is 17.6 Å². The lowest BCUT2D eigenvalue weighted by Crippen LogP contribution is -2.32. The van der Waals surface area contributed by atoms with Crippen molar-refractivity contribution in [2.45, 2.75) is 45.4 Å². The van der Waals surface area contributed by atoms with Crippen molar-refractivity contribution in [3.8, 4) is 5.75 Å². The molecule has 1 aromatic carbocycles. The van der Waals surface area contributed by atoms with Crippen LogP contribution in [0.5, 0.6) is 5.75 Å². The Kier molecular flexibility index (Phi) is 3.60. The molecule has 0 radical (unpaired) electrons. The zero-order valence-corrected chi connectivity index (χ0v) is 11.2. The van der Waals surface area contributed by atoms with E-state index in [9.17, 15) is 8.78 Å². The Morgan fingerprint density at radius 3 is 2.78 bits per heavy atom. The molecule has 1 aliphatic rings. The minimum absolute atomic E-state index is 0.189. The maximum absolute atomic E-state index is 13.7. The Balaban J connectivity index is 2.43. The van der Waals surface area contributed by atoms with Crippen molar-refractivity contribution in [1.82, 2.24) is 0 Å². The van der Waals surface area contributed by atoms with Gasteiger partial charge in [-0.3, -0.25) is 0 Å². The summed E-state index contributed by atoms with van der Waals surface area (Å²) in [5.41, 5.74) is 0.498. The Morgan fingerprint density at radius 2 is 2.11 bits per heavy atom. The highest BCUT2D eigenvalue weighted by Gasteiger charge is 2.36. The average molecular weight is 254 g/mol. The number of rotatable bonds is 3. The molecule has 2 atom stereocenters. The molecule has 0 aliphatic carbocycles. The quantitative estimate of drug-likeness (QED) is 0.774. The molecule has 0 spiro atoms. The Labute approximate surface area is 107 Å². The van der Waals surface area contributed by atoms with Gasteiger partial charge in [-0.15, -0.1) is 0 Å². The van der Waals surface area contributed by atoms with Crippen LogP contribution in [0.15, 0.2) is 12.1 Å². The van der Waals surface area contributed by atoms with Crippen LogP contribution in [0.2, 0.25) is 0 Å². The number of halogens is 2. The molecule has 0 bridgehead atoms. The summed E-state index contributed by atoms with van der Waals surface area (Å²) < 4.78 is 32.5. The van der Waals surface area contributed by atoms with Gasteiger partial charge in [0.15, 0.2) is 11.6 Å². The van der Waals surface area contributed by atoms with Crippen molar-refractivity contribution in [3.05, 3.63) is 29.3 Å². The second-order valence-electron chi connectivity index (χ2n) is 5.64. The fourth-order valence-electron chi connectivity index (χ4n) is 2.79. The van der Waals surface area contributed by atoms with E-state index in [1.807, 2.05) is 0 Å². The molecule has 2 rings (SSSR count). The van der Waals surface area contributed by atoms with Crippen molar-refractivity contribution in [2.24, 2.45) is 5.92 Å². The molecule has 0 saturated heterocycles. The number of fused-ring (bicyclic) bond motifs is 1. The van der Waals surface area contributed by atoms with Gasteiger partial charge in [-0.1, -0.05) is 27.2 Å². The van der Waals surface area contributed by atoms with Crippen molar-refractivity contribution < 1.29 is 13.5 Å². The molecule has 0 aromatic heterocycles.